The van der Waals surface area contributed by atoms with E-state index in [0.29, 0.717) is 5.92 Å². The maximum absolute atomic E-state index is 11.6. The van der Waals surface area contributed by atoms with Crippen LogP contribution in [0.4, 0.5) is 0 Å². The Morgan fingerprint density at radius 2 is 1.75 bits per heavy atom. The summed E-state index contributed by atoms with van der Waals surface area (Å²) in [5.74, 6) is 1.75. The number of benzene rings is 2. The highest BCUT2D eigenvalue weighted by Gasteiger charge is 2.27. The predicted octanol–water partition coefficient (Wildman–Crippen LogP) is 5.40. The minimum atomic E-state index is 0.166. The van der Waals surface area contributed by atoms with E-state index in [1.165, 1.54) is 33.4 Å². The summed E-state index contributed by atoms with van der Waals surface area (Å²) in [5.41, 5.74) is 8.20. The van der Waals surface area contributed by atoms with E-state index in [2.05, 4.69) is 51.1 Å². The second-order valence-corrected chi connectivity index (χ2v) is 8.48. The number of ether oxygens (including phenoxy) is 1. The van der Waals surface area contributed by atoms with Crippen molar-refractivity contribution in [3.63, 3.8) is 0 Å². The number of aryl methyl sites for hydroxylation is 2. The van der Waals surface area contributed by atoms with Crippen molar-refractivity contribution in [1.82, 2.24) is 4.90 Å². The summed E-state index contributed by atoms with van der Waals surface area (Å²) in [6, 6.07) is 11.0. The molecule has 0 N–H and O–H groups in total. The molecule has 4 rings (SSSR count). The predicted molar refractivity (Wildman–Crippen MR) is 113 cm³/mol. The fraction of sp³-hybridized carbons (Fsp3) is 0.480. The smallest absolute Gasteiger partial charge is 0.219 e. The van der Waals surface area contributed by atoms with Crippen molar-refractivity contribution in [1.29, 1.82) is 0 Å². The number of rotatable bonds is 3. The molecule has 3 nitrogen and oxygen atoms in total. The largest absolute Gasteiger partial charge is 0.485 e. The van der Waals surface area contributed by atoms with Gasteiger partial charge in [-0.05, 0) is 91.8 Å². The SMILES string of the molecule is CC(=O)N1CCC(c2ccc(OC3CCc4cccc(C)c43)c(C)c2C)CC1. The minimum Gasteiger partial charge on any atom is -0.485 e. The average Bonchev–Trinajstić information content (AvgIpc) is 3.10. The Morgan fingerprint density at radius 1 is 1.00 bits per heavy atom. The minimum absolute atomic E-state index is 0.166. The Labute approximate surface area is 168 Å². The molecular formula is C25H31NO2. The van der Waals surface area contributed by atoms with Crippen LogP contribution in [0.1, 0.15) is 71.6 Å². The van der Waals surface area contributed by atoms with Crippen LogP contribution >= 0.6 is 0 Å². The Kier molecular flexibility index (Phi) is 5.18. The highest BCUT2D eigenvalue weighted by molar-refractivity contribution is 5.73. The van der Waals surface area contributed by atoms with Crippen LogP contribution in [-0.2, 0) is 11.2 Å². The number of carbonyl (C=O) groups is 1. The number of hydrogen-bond donors (Lipinski definition) is 0. The standard InChI is InChI=1S/C25H31NO2/c1-16-6-5-7-21-8-10-24(25(16)21)28-23-11-9-22(17(2)18(23)3)20-12-14-26(15-13-20)19(4)27/h5-7,9,11,20,24H,8,10,12-15H2,1-4H3. The van der Waals surface area contributed by atoms with Gasteiger partial charge >= 0.3 is 0 Å². The molecule has 28 heavy (non-hydrogen) atoms. The van der Waals surface area contributed by atoms with Crippen LogP contribution in [0.15, 0.2) is 30.3 Å². The van der Waals surface area contributed by atoms with Crippen LogP contribution in [0.2, 0.25) is 0 Å². The molecule has 3 heteroatoms. The van der Waals surface area contributed by atoms with Crippen LogP contribution in [-0.4, -0.2) is 23.9 Å². The normalized spacial score (nSPS) is 19.6. The molecule has 148 valence electrons. The molecule has 0 bridgehead atoms. The van der Waals surface area contributed by atoms with Gasteiger partial charge in [0.25, 0.3) is 0 Å². The molecule has 2 aromatic carbocycles. The highest BCUT2D eigenvalue weighted by Crippen LogP contribution is 2.40. The van der Waals surface area contributed by atoms with E-state index in [4.69, 9.17) is 4.74 Å². The first kappa shape index (κ1) is 19.0. The van der Waals surface area contributed by atoms with E-state index in [1.54, 1.807) is 6.92 Å². The summed E-state index contributed by atoms with van der Waals surface area (Å²) in [7, 11) is 0. The van der Waals surface area contributed by atoms with E-state index >= 15 is 0 Å². The monoisotopic (exact) mass is 377 g/mol. The van der Waals surface area contributed by atoms with Crippen molar-refractivity contribution in [2.45, 2.75) is 65.4 Å². The number of likely N-dealkylation sites (tertiary alicyclic amines) is 1. The summed E-state index contributed by atoms with van der Waals surface area (Å²) < 4.78 is 6.53. The van der Waals surface area contributed by atoms with Gasteiger partial charge in [-0.15, -0.1) is 0 Å². The van der Waals surface area contributed by atoms with Gasteiger partial charge in [0.1, 0.15) is 11.9 Å². The summed E-state index contributed by atoms with van der Waals surface area (Å²) in [6.45, 7) is 10.0. The van der Waals surface area contributed by atoms with Crippen LogP contribution in [0.5, 0.6) is 5.75 Å². The summed E-state index contributed by atoms with van der Waals surface area (Å²) in [6.07, 6.45) is 4.43. The van der Waals surface area contributed by atoms with Crippen molar-refractivity contribution < 1.29 is 9.53 Å². The van der Waals surface area contributed by atoms with E-state index in [-0.39, 0.29) is 12.0 Å². The Bertz CT molecular complexity index is 894. The summed E-state index contributed by atoms with van der Waals surface area (Å²) >= 11 is 0. The first-order valence-electron chi connectivity index (χ1n) is 10.6. The molecule has 0 spiro atoms. The first-order valence-corrected chi connectivity index (χ1v) is 10.6. The number of piperidine rings is 1. The second-order valence-electron chi connectivity index (χ2n) is 8.48. The van der Waals surface area contributed by atoms with Gasteiger partial charge in [0, 0.05) is 20.0 Å². The zero-order chi connectivity index (χ0) is 19.8. The van der Waals surface area contributed by atoms with E-state index < -0.39 is 0 Å². The zero-order valence-corrected chi connectivity index (χ0v) is 17.5. The van der Waals surface area contributed by atoms with Gasteiger partial charge in [0.05, 0.1) is 0 Å². The highest BCUT2D eigenvalue weighted by atomic mass is 16.5. The van der Waals surface area contributed by atoms with Crippen LogP contribution < -0.4 is 4.74 Å². The Hall–Kier alpha value is -2.29. The molecule has 1 fully saturated rings. The molecule has 1 amide bonds. The fourth-order valence-electron chi connectivity index (χ4n) is 5.01. The van der Waals surface area contributed by atoms with Gasteiger partial charge in [0.2, 0.25) is 5.91 Å². The van der Waals surface area contributed by atoms with Crippen molar-refractivity contribution >= 4 is 5.91 Å². The van der Waals surface area contributed by atoms with Crippen molar-refractivity contribution in [3.8, 4) is 5.75 Å². The van der Waals surface area contributed by atoms with E-state index in [0.717, 1.165) is 44.5 Å². The van der Waals surface area contributed by atoms with E-state index in [1.807, 2.05) is 4.90 Å². The molecule has 1 heterocycles. The van der Waals surface area contributed by atoms with E-state index in [9.17, 15) is 4.79 Å². The molecular weight excluding hydrogens is 346 g/mol. The molecule has 2 aromatic rings. The quantitative estimate of drug-likeness (QED) is 0.716. The van der Waals surface area contributed by atoms with Crippen molar-refractivity contribution in [2.24, 2.45) is 0 Å². The maximum Gasteiger partial charge on any atom is 0.219 e. The second kappa shape index (κ2) is 7.62. The van der Waals surface area contributed by atoms with Crippen LogP contribution in [0.3, 0.4) is 0 Å². The number of fused-ring (bicyclic) bond motifs is 1. The third-order valence-electron chi connectivity index (χ3n) is 6.84. The molecule has 0 radical (unpaired) electrons. The topological polar surface area (TPSA) is 29.5 Å². The zero-order valence-electron chi connectivity index (χ0n) is 17.5. The molecule has 1 saturated heterocycles. The first-order chi connectivity index (χ1) is 13.5. The molecule has 1 atom stereocenters. The Balaban J connectivity index is 1.53. The lowest BCUT2D eigenvalue weighted by Crippen LogP contribution is -2.36. The molecule has 1 aliphatic carbocycles. The number of amides is 1. The molecule has 2 aliphatic rings. The summed E-state index contributed by atoms with van der Waals surface area (Å²) in [4.78, 5) is 13.6. The van der Waals surface area contributed by atoms with Gasteiger partial charge in [-0.3, -0.25) is 4.79 Å². The van der Waals surface area contributed by atoms with Crippen molar-refractivity contribution in [3.05, 3.63) is 63.7 Å². The molecule has 1 aliphatic heterocycles. The summed E-state index contributed by atoms with van der Waals surface area (Å²) in [5, 5.41) is 0. The van der Waals surface area contributed by atoms with Crippen molar-refractivity contribution in [2.75, 3.05) is 13.1 Å². The lowest BCUT2D eigenvalue weighted by molar-refractivity contribution is -0.129. The van der Waals surface area contributed by atoms with Gasteiger partial charge in [-0.25, -0.2) is 0 Å². The molecule has 1 unspecified atom stereocenters. The molecule has 0 aromatic heterocycles. The van der Waals surface area contributed by atoms with Gasteiger partial charge < -0.3 is 9.64 Å². The number of carbonyl (C=O) groups excluding carboxylic acids is 1. The average molecular weight is 378 g/mol. The lowest BCUT2D eigenvalue weighted by Gasteiger charge is -2.32. The van der Waals surface area contributed by atoms with Crippen LogP contribution in [0.25, 0.3) is 0 Å². The molecule has 0 saturated carbocycles. The fourth-order valence-corrected chi connectivity index (χ4v) is 5.01. The third-order valence-corrected chi connectivity index (χ3v) is 6.84. The van der Waals surface area contributed by atoms with Crippen LogP contribution in [0, 0.1) is 20.8 Å². The maximum atomic E-state index is 11.6. The van der Waals surface area contributed by atoms with Gasteiger partial charge in [-0.1, -0.05) is 24.3 Å². The Morgan fingerprint density at radius 3 is 2.46 bits per heavy atom. The van der Waals surface area contributed by atoms with Gasteiger partial charge in [0.15, 0.2) is 0 Å². The third kappa shape index (κ3) is 3.43. The number of hydrogen-bond acceptors (Lipinski definition) is 2. The van der Waals surface area contributed by atoms with Gasteiger partial charge in [-0.2, -0.15) is 0 Å². The lowest BCUT2D eigenvalue weighted by atomic mass is 9.85. The number of nitrogens with zero attached hydrogens (tertiary/aromatic N) is 1.